The quantitative estimate of drug-likeness (QED) is 0.573. The number of ketones is 1. The number of hydrogen-bond acceptors (Lipinski definition) is 4. The van der Waals surface area contributed by atoms with Crippen molar-refractivity contribution in [3.63, 3.8) is 0 Å². The third kappa shape index (κ3) is 5.20. The molecule has 0 bridgehead atoms. The average Bonchev–Trinajstić information content (AvgIpc) is 2.61. The number of thioether (sulfide) groups is 1. The SMILES string of the molecule is CSc1ccc(C(=O)CCNC(C)C(O)c2ccccc2)cc1. The minimum Gasteiger partial charge on any atom is -0.387 e. The molecule has 0 aliphatic carbocycles. The summed E-state index contributed by atoms with van der Waals surface area (Å²) in [7, 11) is 0. The Balaban J connectivity index is 1.80. The van der Waals surface area contributed by atoms with Crippen LogP contribution in [0.15, 0.2) is 59.5 Å². The van der Waals surface area contributed by atoms with Gasteiger partial charge in [0.1, 0.15) is 0 Å². The highest BCUT2D eigenvalue weighted by molar-refractivity contribution is 7.98. The number of Topliss-reactive ketones (excluding diaryl/α,β-unsaturated/α-hetero) is 1. The Bertz CT molecular complexity index is 613. The van der Waals surface area contributed by atoms with Crippen molar-refractivity contribution in [1.82, 2.24) is 5.32 Å². The molecule has 0 saturated heterocycles. The lowest BCUT2D eigenvalue weighted by molar-refractivity contribution is 0.0972. The van der Waals surface area contributed by atoms with E-state index in [1.807, 2.05) is 67.8 Å². The minimum absolute atomic E-state index is 0.107. The number of carbonyl (C=O) groups is 1. The van der Waals surface area contributed by atoms with Gasteiger partial charge in [0, 0.05) is 29.5 Å². The molecular weight excluding hydrogens is 306 g/mol. The largest absolute Gasteiger partial charge is 0.387 e. The Morgan fingerprint density at radius 2 is 1.78 bits per heavy atom. The van der Waals surface area contributed by atoms with E-state index in [9.17, 15) is 9.90 Å². The van der Waals surface area contributed by atoms with E-state index in [4.69, 9.17) is 0 Å². The third-order valence-corrected chi connectivity index (χ3v) is 4.59. The number of rotatable bonds is 8. The van der Waals surface area contributed by atoms with Crippen molar-refractivity contribution in [2.75, 3.05) is 12.8 Å². The summed E-state index contributed by atoms with van der Waals surface area (Å²) < 4.78 is 0. The molecule has 2 aromatic carbocycles. The number of nitrogens with one attached hydrogen (secondary N) is 1. The monoisotopic (exact) mass is 329 g/mol. The van der Waals surface area contributed by atoms with E-state index in [1.54, 1.807) is 11.8 Å². The van der Waals surface area contributed by atoms with Gasteiger partial charge < -0.3 is 10.4 Å². The summed E-state index contributed by atoms with van der Waals surface area (Å²) >= 11 is 1.66. The summed E-state index contributed by atoms with van der Waals surface area (Å²) in [5.74, 6) is 0.117. The predicted octanol–water partition coefficient (Wildman–Crippen LogP) is 3.69. The number of hydrogen-bond donors (Lipinski definition) is 2. The fraction of sp³-hybridized carbons (Fsp3) is 0.316. The summed E-state index contributed by atoms with van der Waals surface area (Å²) in [6, 6.07) is 17.1. The molecule has 122 valence electrons. The van der Waals surface area contributed by atoms with Crippen molar-refractivity contribution < 1.29 is 9.90 Å². The molecule has 23 heavy (non-hydrogen) atoms. The van der Waals surface area contributed by atoms with Gasteiger partial charge in [0.2, 0.25) is 0 Å². The zero-order chi connectivity index (χ0) is 16.7. The molecule has 0 fully saturated rings. The molecule has 0 aliphatic rings. The molecule has 0 aliphatic heterocycles. The molecule has 0 spiro atoms. The highest BCUT2D eigenvalue weighted by atomic mass is 32.2. The van der Waals surface area contributed by atoms with Crippen LogP contribution in [0.4, 0.5) is 0 Å². The topological polar surface area (TPSA) is 49.3 Å². The van der Waals surface area contributed by atoms with Gasteiger partial charge in [0.25, 0.3) is 0 Å². The Labute approximate surface area is 142 Å². The lowest BCUT2D eigenvalue weighted by Crippen LogP contribution is -2.33. The summed E-state index contributed by atoms with van der Waals surface area (Å²) in [6.07, 6.45) is 1.86. The van der Waals surface area contributed by atoms with Crippen molar-refractivity contribution in [2.24, 2.45) is 0 Å². The van der Waals surface area contributed by atoms with Crippen LogP contribution in [-0.2, 0) is 0 Å². The van der Waals surface area contributed by atoms with Crippen molar-refractivity contribution in [3.8, 4) is 0 Å². The Morgan fingerprint density at radius 1 is 1.13 bits per heavy atom. The Kier molecular flexibility index (Phi) is 6.84. The first-order valence-electron chi connectivity index (χ1n) is 7.75. The molecule has 0 aromatic heterocycles. The van der Waals surface area contributed by atoms with E-state index in [2.05, 4.69) is 5.32 Å². The minimum atomic E-state index is -0.577. The van der Waals surface area contributed by atoms with E-state index in [1.165, 1.54) is 0 Å². The maximum Gasteiger partial charge on any atom is 0.164 e. The van der Waals surface area contributed by atoms with Crippen LogP contribution in [0.25, 0.3) is 0 Å². The zero-order valence-electron chi connectivity index (χ0n) is 13.5. The molecule has 4 heteroatoms. The fourth-order valence-electron chi connectivity index (χ4n) is 2.39. The second-order valence-electron chi connectivity index (χ2n) is 5.50. The number of aliphatic hydroxyl groups excluding tert-OH is 1. The van der Waals surface area contributed by atoms with Crippen molar-refractivity contribution in [1.29, 1.82) is 0 Å². The molecule has 2 atom stereocenters. The number of carbonyl (C=O) groups excluding carboxylic acids is 1. The lowest BCUT2D eigenvalue weighted by atomic mass is 10.0. The van der Waals surface area contributed by atoms with Crippen LogP contribution < -0.4 is 5.32 Å². The van der Waals surface area contributed by atoms with Crippen molar-refractivity contribution in [2.45, 2.75) is 30.4 Å². The second kappa shape index (κ2) is 8.87. The number of aliphatic hydroxyl groups is 1. The Morgan fingerprint density at radius 3 is 2.39 bits per heavy atom. The molecule has 2 unspecified atom stereocenters. The fourth-order valence-corrected chi connectivity index (χ4v) is 2.79. The summed E-state index contributed by atoms with van der Waals surface area (Å²) in [5, 5.41) is 13.5. The molecule has 0 heterocycles. The molecule has 2 rings (SSSR count). The number of benzene rings is 2. The molecule has 3 nitrogen and oxygen atoms in total. The first-order valence-corrected chi connectivity index (χ1v) is 8.98. The van der Waals surface area contributed by atoms with E-state index < -0.39 is 6.10 Å². The van der Waals surface area contributed by atoms with Crippen LogP contribution in [0.5, 0.6) is 0 Å². The highest BCUT2D eigenvalue weighted by Crippen LogP contribution is 2.17. The van der Waals surface area contributed by atoms with Crippen LogP contribution >= 0.6 is 11.8 Å². The van der Waals surface area contributed by atoms with Gasteiger partial charge in [0.15, 0.2) is 5.78 Å². The summed E-state index contributed by atoms with van der Waals surface area (Å²) in [5.41, 5.74) is 1.62. The maximum atomic E-state index is 12.2. The van der Waals surface area contributed by atoms with Gasteiger partial charge in [0.05, 0.1) is 6.10 Å². The van der Waals surface area contributed by atoms with Gasteiger partial charge >= 0.3 is 0 Å². The molecule has 2 N–H and O–H groups in total. The standard InChI is InChI=1S/C19H23NO2S/c1-14(19(22)16-6-4-3-5-7-16)20-13-12-18(21)15-8-10-17(23-2)11-9-15/h3-11,14,19-20,22H,12-13H2,1-2H3. The normalized spacial score (nSPS) is 13.5. The first kappa shape index (κ1) is 17.7. The van der Waals surface area contributed by atoms with Gasteiger partial charge in [-0.1, -0.05) is 42.5 Å². The van der Waals surface area contributed by atoms with Gasteiger partial charge in [-0.2, -0.15) is 0 Å². The zero-order valence-corrected chi connectivity index (χ0v) is 14.3. The second-order valence-corrected chi connectivity index (χ2v) is 6.38. The van der Waals surface area contributed by atoms with Crippen LogP contribution in [-0.4, -0.2) is 29.7 Å². The molecule has 0 radical (unpaired) electrons. The van der Waals surface area contributed by atoms with Gasteiger partial charge in [-0.3, -0.25) is 4.79 Å². The predicted molar refractivity (Wildman–Crippen MR) is 96.0 cm³/mol. The van der Waals surface area contributed by atoms with E-state index in [0.29, 0.717) is 13.0 Å². The van der Waals surface area contributed by atoms with E-state index in [-0.39, 0.29) is 11.8 Å². The Hall–Kier alpha value is -1.62. The molecule has 0 amide bonds. The van der Waals surface area contributed by atoms with E-state index >= 15 is 0 Å². The lowest BCUT2D eigenvalue weighted by Gasteiger charge is -2.20. The molecule has 0 saturated carbocycles. The van der Waals surface area contributed by atoms with Crippen LogP contribution in [0.1, 0.15) is 35.4 Å². The summed E-state index contributed by atoms with van der Waals surface area (Å²) in [4.78, 5) is 13.3. The third-order valence-electron chi connectivity index (χ3n) is 3.85. The summed E-state index contributed by atoms with van der Waals surface area (Å²) in [6.45, 7) is 2.48. The first-order chi connectivity index (χ1) is 11.1. The molecule has 2 aromatic rings. The van der Waals surface area contributed by atoms with Crippen molar-refractivity contribution >= 4 is 17.5 Å². The van der Waals surface area contributed by atoms with Gasteiger partial charge in [-0.15, -0.1) is 11.8 Å². The average molecular weight is 329 g/mol. The molecular formula is C19H23NO2S. The van der Waals surface area contributed by atoms with Crippen LogP contribution in [0, 0.1) is 0 Å². The van der Waals surface area contributed by atoms with E-state index in [0.717, 1.165) is 16.0 Å². The maximum absolute atomic E-state index is 12.2. The highest BCUT2D eigenvalue weighted by Gasteiger charge is 2.15. The van der Waals surface area contributed by atoms with Gasteiger partial charge in [-0.05, 0) is 30.9 Å². The smallest absolute Gasteiger partial charge is 0.164 e. The van der Waals surface area contributed by atoms with Gasteiger partial charge in [-0.25, -0.2) is 0 Å². The van der Waals surface area contributed by atoms with Crippen molar-refractivity contribution in [3.05, 3.63) is 65.7 Å². The van der Waals surface area contributed by atoms with Crippen LogP contribution in [0.3, 0.4) is 0 Å². The van der Waals surface area contributed by atoms with Crippen LogP contribution in [0.2, 0.25) is 0 Å².